The van der Waals surface area contributed by atoms with Crippen LogP contribution in [0.2, 0.25) is 0 Å². The van der Waals surface area contributed by atoms with Crippen LogP contribution in [-0.4, -0.2) is 33.0 Å². The van der Waals surface area contributed by atoms with Crippen LogP contribution in [0.5, 0.6) is 0 Å². The average molecular weight is 351 g/mol. The van der Waals surface area contributed by atoms with Crippen molar-refractivity contribution in [1.82, 2.24) is 4.31 Å². The zero-order valence-electron chi connectivity index (χ0n) is 14.9. The number of aryl methyl sites for hydroxylation is 4. The molecule has 0 saturated heterocycles. The lowest BCUT2D eigenvalue weighted by atomic mass is 10.1. The highest BCUT2D eigenvalue weighted by Crippen LogP contribution is 2.26. The normalized spacial score (nSPS) is 12.1. The van der Waals surface area contributed by atoms with E-state index >= 15 is 0 Å². The summed E-state index contributed by atoms with van der Waals surface area (Å²) in [6, 6.07) is 7.43. The summed E-state index contributed by atoms with van der Waals surface area (Å²) in [6.07, 6.45) is 0. The highest BCUT2D eigenvalue weighted by atomic mass is 32.2. The van der Waals surface area contributed by atoms with Crippen molar-refractivity contribution in [3.8, 4) is 0 Å². The van der Waals surface area contributed by atoms with Crippen LogP contribution in [0.1, 0.15) is 28.2 Å². The summed E-state index contributed by atoms with van der Waals surface area (Å²) in [5.74, 6) is 1.38. The van der Waals surface area contributed by atoms with Crippen molar-refractivity contribution in [2.45, 2.75) is 39.1 Å². The second kappa shape index (κ2) is 7.51. The number of nitrogens with zero attached hydrogens (tertiary/aromatic N) is 1. The molecular weight excluding hydrogens is 326 g/mol. The Balaban J connectivity index is 2.43. The zero-order valence-corrected chi connectivity index (χ0v) is 15.7. The van der Waals surface area contributed by atoms with Crippen molar-refractivity contribution in [1.29, 1.82) is 0 Å². The van der Waals surface area contributed by atoms with E-state index in [0.717, 1.165) is 22.5 Å². The van der Waals surface area contributed by atoms with Gasteiger partial charge in [0.25, 0.3) is 0 Å². The fourth-order valence-electron chi connectivity index (χ4n) is 2.92. The van der Waals surface area contributed by atoms with Gasteiger partial charge in [0.05, 0.1) is 18.0 Å². The molecule has 0 amide bonds. The summed E-state index contributed by atoms with van der Waals surface area (Å²) >= 11 is 0. The predicted octanol–water partition coefficient (Wildman–Crippen LogP) is 3.35. The number of benzene rings is 1. The number of hydrogen-bond acceptors (Lipinski definition) is 4. The summed E-state index contributed by atoms with van der Waals surface area (Å²) in [5, 5.41) is 0. The Morgan fingerprint density at radius 1 is 1.08 bits per heavy atom. The van der Waals surface area contributed by atoms with E-state index in [1.165, 1.54) is 4.31 Å². The molecule has 5 nitrogen and oxygen atoms in total. The van der Waals surface area contributed by atoms with E-state index < -0.39 is 10.0 Å². The van der Waals surface area contributed by atoms with Gasteiger partial charge in [-0.3, -0.25) is 0 Å². The zero-order chi connectivity index (χ0) is 17.9. The molecule has 6 heteroatoms. The molecule has 132 valence electrons. The Bertz CT molecular complexity index is 785. The number of furan rings is 1. The molecule has 2 rings (SSSR count). The number of sulfonamides is 1. The average Bonchev–Trinajstić information content (AvgIpc) is 2.87. The molecule has 1 aromatic carbocycles. The minimum Gasteiger partial charge on any atom is -0.465 e. The van der Waals surface area contributed by atoms with E-state index in [0.29, 0.717) is 17.3 Å². The van der Waals surface area contributed by atoms with Crippen molar-refractivity contribution < 1.29 is 17.6 Å². The molecule has 0 radical (unpaired) electrons. The lowest BCUT2D eigenvalue weighted by Crippen LogP contribution is -2.34. The maximum absolute atomic E-state index is 13.2. The minimum atomic E-state index is -3.65. The Hall–Kier alpha value is -1.63. The Kier molecular flexibility index (Phi) is 5.85. The van der Waals surface area contributed by atoms with Gasteiger partial charge in [0.15, 0.2) is 0 Å². The van der Waals surface area contributed by atoms with Gasteiger partial charge in [0.2, 0.25) is 10.0 Å². The number of hydrogen-bond donors (Lipinski definition) is 0. The monoisotopic (exact) mass is 351 g/mol. The third kappa shape index (κ3) is 4.06. The summed E-state index contributed by atoms with van der Waals surface area (Å²) in [4.78, 5) is 0.368. The van der Waals surface area contributed by atoms with E-state index in [1.807, 2.05) is 45.9 Å². The molecule has 0 aliphatic carbocycles. The van der Waals surface area contributed by atoms with Gasteiger partial charge in [-0.15, -0.1) is 0 Å². The molecule has 1 aromatic heterocycles. The first-order chi connectivity index (χ1) is 11.3. The smallest absolute Gasteiger partial charge is 0.244 e. The van der Waals surface area contributed by atoms with Crippen LogP contribution in [-0.2, 0) is 21.3 Å². The summed E-state index contributed by atoms with van der Waals surface area (Å²) in [7, 11) is -2.09. The molecule has 0 atom stereocenters. The second-order valence-corrected chi connectivity index (χ2v) is 7.95. The van der Waals surface area contributed by atoms with E-state index in [2.05, 4.69) is 0 Å². The fraction of sp³-hybridized carbons (Fsp3) is 0.444. The van der Waals surface area contributed by atoms with Crippen molar-refractivity contribution in [3.05, 3.63) is 52.5 Å². The van der Waals surface area contributed by atoms with Crippen molar-refractivity contribution in [2.24, 2.45) is 0 Å². The highest BCUT2D eigenvalue weighted by Gasteiger charge is 2.28. The van der Waals surface area contributed by atoms with Gasteiger partial charge in [-0.2, -0.15) is 4.31 Å². The van der Waals surface area contributed by atoms with Gasteiger partial charge in [-0.25, -0.2) is 8.42 Å². The summed E-state index contributed by atoms with van der Waals surface area (Å²) in [6.45, 7) is 8.24. The lowest BCUT2D eigenvalue weighted by Gasteiger charge is -2.23. The molecule has 0 N–H and O–H groups in total. The first-order valence-corrected chi connectivity index (χ1v) is 9.32. The maximum Gasteiger partial charge on any atom is 0.244 e. The molecule has 0 spiro atoms. The molecule has 2 aromatic rings. The van der Waals surface area contributed by atoms with Crippen LogP contribution < -0.4 is 0 Å². The van der Waals surface area contributed by atoms with E-state index in [4.69, 9.17) is 9.15 Å². The van der Waals surface area contributed by atoms with Crippen LogP contribution in [0, 0.1) is 27.7 Å². The predicted molar refractivity (Wildman–Crippen MR) is 93.6 cm³/mol. The minimum absolute atomic E-state index is 0.187. The molecule has 0 bridgehead atoms. The number of methoxy groups -OCH3 is 1. The van der Waals surface area contributed by atoms with Gasteiger partial charge in [-0.05, 0) is 51.0 Å². The van der Waals surface area contributed by atoms with Gasteiger partial charge in [0, 0.05) is 13.7 Å². The Morgan fingerprint density at radius 2 is 1.71 bits per heavy atom. The molecular formula is C18H25NO4S. The summed E-state index contributed by atoms with van der Waals surface area (Å²) in [5.41, 5.74) is 2.56. The van der Waals surface area contributed by atoms with Crippen molar-refractivity contribution >= 4 is 10.0 Å². The molecule has 0 aliphatic rings. The summed E-state index contributed by atoms with van der Waals surface area (Å²) < 4.78 is 38.5. The first kappa shape index (κ1) is 18.7. The van der Waals surface area contributed by atoms with Crippen LogP contribution in [0.4, 0.5) is 0 Å². The Labute approximate surface area is 144 Å². The van der Waals surface area contributed by atoms with Gasteiger partial charge in [0.1, 0.15) is 11.5 Å². The van der Waals surface area contributed by atoms with Crippen molar-refractivity contribution in [2.75, 3.05) is 20.3 Å². The van der Waals surface area contributed by atoms with E-state index in [9.17, 15) is 8.42 Å². The molecule has 0 fully saturated rings. The quantitative estimate of drug-likeness (QED) is 0.767. The Morgan fingerprint density at radius 3 is 2.21 bits per heavy atom. The molecule has 0 aliphatic heterocycles. The molecule has 1 heterocycles. The van der Waals surface area contributed by atoms with Crippen LogP contribution in [0.25, 0.3) is 0 Å². The largest absolute Gasteiger partial charge is 0.465 e. The molecule has 0 unspecified atom stereocenters. The van der Waals surface area contributed by atoms with Crippen LogP contribution in [0.15, 0.2) is 33.6 Å². The third-order valence-corrected chi connectivity index (χ3v) is 6.03. The fourth-order valence-corrected chi connectivity index (χ4v) is 4.73. The van der Waals surface area contributed by atoms with Crippen molar-refractivity contribution in [3.63, 3.8) is 0 Å². The van der Waals surface area contributed by atoms with Gasteiger partial charge in [-0.1, -0.05) is 17.7 Å². The van der Waals surface area contributed by atoms with Gasteiger partial charge < -0.3 is 9.15 Å². The van der Waals surface area contributed by atoms with Crippen LogP contribution >= 0.6 is 0 Å². The highest BCUT2D eigenvalue weighted by molar-refractivity contribution is 7.89. The number of rotatable bonds is 7. The SMILES string of the molecule is COCCN(Cc1ccc(C)o1)S(=O)(=O)c1c(C)cc(C)cc1C. The third-order valence-electron chi connectivity index (χ3n) is 3.88. The molecule has 24 heavy (non-hydrogen) atoms. The number of ether oxygens (including phenoxy) is 1. The topological polar surface area (TPSA) is 59.8 Å². The standard InChI is InChI=1S/C18H25NO4S/c1-13-10-14(2)18(15(3)11-13)24(20,21)19(8-9-22-5)12-17-7-6-16(4)23-17/h6-7,10-11H,8-9,12H2,1-5H3. The lowest BCUT2D eigenvalue weighted by molar-refractivity contribution is 0.175. The van der Waals surface area contributed by atoms with E-state index in [-0.39, 0.29) is 13.1 Å². The van der Waals surface area contributed by atoms with Crippen LogP contribution in [0.3, 0.4) is 0 Å². The first-order valence-electron chi connectivity index (χ1n) is 7.88. The maximum atomic E-state index is 13.2. The molecule has 0 saturated carbocycles. The van der Waals surface area contributed by atoms with Gasteiger partial charge >= 0.3 is 0 Å². The van der Waals surface area contributed by atoms with E-state index in [1.54, 1.807) is 13.2 Å². The second-order valence-electron chi connectivity index (χ2n) is 6.07.